The van der Waals surface area contributed by atoms with E-state index in [1.165, 1.54) is 12.1 Å². The number of rotatable bonds is 7. The number of nitrogens with one attached hydrogen (secondary N) is 1. The van der Waals surface area contributed by atoms with E-state index in [9.17, 15) is 14.4 Å². The SMILES string of the molecule is N#C/C(=C/c1cccn1-c1ccccc1F)C(=O)Nc1nnc(COc2ccccc2)s1. The average Bonchev–Trinajstić information content (AvgIpc) is 3.46. The fourth-order valence-corrected chi connectivity index (χ4v) is 3.51. The third-order valence-electron chi connectivity index (χ3n) is 4.34. The van der Waals surface area contributed by atoms with E-state index in [-0.39, 0.29) is 17.3 Å². The first-order chi connectivity index (χ1) is 15.6. The van der Waals surface area contributed by atoms with E-state index < -0.39 is 11.7 Å². The van der Waals surface area contributed by atoms with Crippen LogP contribution in [-0.2, 0) is 11.4 Å². The summed E-state index contributed by atoms with van der Waals surface area (Å²) in [6.07, 6.45) is 3.04. The molecule has 2 aromatic carbocycles. The normalized spacial score (nSPS) is 11.1. The lowest BCUT2D eigenvalue weighted by molar-refractivity contribution is -0.112. The number of amides is 1. The van der Waals surface area contributed by atoms with E-state index >= 15 is 0 Å². The van der Waals surface area contributed by atoms with Gasteiger partial charge in [-0.3, -0.25) is 10.1 Å². The summed E-state index contributed by atoms with van der Waals surface area (Å²) < 4.78 is 21.3. The molecule has 0 saturated carbocycles. The van der Waals surface area contributed by atoms with Crippen LogP contribution in [0.4, 0.5) is 9.52 Å². The van der Waals surface area contributed by atoms with Gasteiger partial charge in [-0.05, 0) is 42.5 Å². The zero-order valence-corrected chi connectivity index (χ0v) is 17.4. The van der Waals surface area contributed by atoms with Gasteiger partial charge in [-0.1, -0.05) is 41.7 Å². The lowest BCUT2D eigenvalue weighted by Crippen LogP contribution is -2.13. The molecule has 7 nitrogen and oxygen atoms in total. The third kappa shape index (κ3) is 4.88. The second-order valence-electron chi connectivity index (χ2n) is 6.48. The van der Waals surface area contributed by atoms with Crippen LogP contribution in [0.15, 0.2) is 78.5 Å². The van der Waals surface area contributed by atoms with Gasteiger partial charge in [0.1, 0.15) is 29.8 Å². The number of hydrogen-bond donors (Lipinski definition) is 1. The van der Waals surface area contributed by atoms with Crippen LogP contribution < -0.4 is 10.1 Å². The number of nitriles is 1. The van der Waals surface area contributed by atoms with Crippen molar-refractivity contribution in [2.24, 2.45) is 0 Å². The van der Waals surface area contributed by atoms with Gasteiger partial charge in [-0.2, -0.15) is 5.26 Å². The monoisotopic (exact) mass is 445 g/mol. The molecule has 0 radical (unpaired) electrons. The van der Waals surface area contributed by atoms with E-state index in [2.05, 4.69) is 15.5 Å². The molecule has 0 saturated heterocycles. The maximum atomic E-state index is 14.2. The fraction of sp³-hybridized carbons (Fsp3) is 0.0435. The summed E-state index contributed by atoms with van der Waals surface area (Å²) in [7, 11) is 0. The number of carbonyl (C=O) groups excluding carboxylic acids is 1. The van der Waals surface area contributed by atoms with Crippen LogP contribution in [0, 0.1) is 17.1 Å². The number of nitrogens with zero attached hydrogens (tertiary/aromatic N) is 4. The van der Waals surface area contributed by atoms with Gasteiger partial charge < -0.3 is 9.30 Å². The third-order valence-corrected chi connectivity index (χ3v) is 5.15. The van der Waals surface area contributed by atoms with Gasteiger partial charge >= 0.3 is 0 Å². The molecule has 0 bridgehead atoms. The Labute approximate surface area is 187 Å². The summed E-state index contributed by atoms with van der Waals surface area (Å²) in [6.45, 7) is 0.203. The van der Waals surface area contributed by atoms with Crippen LogP contribution in [-0.4, -0.2) is 20.7 Å². The molecule has 2 aromatic heterocycles. The van der Waals surface area contributed by atoms with Crippen LogP contribution in [0.3, 0.4) is 0 Å². The molecular formula is C23H16FN5O2S. The van der Waals surface area contributed by atoms with E-state index in [0.29, 0.717) is 22.1 Å². The number of anilines is 1. The van der Waals surface area contributed by atoms with Crippen LogP contribution >= 0.6 is 11.3 Å². The Bertz CT molecular complexity index is 1310. The van der Waals surface area contributed by atoms with Gasteiger partial charge in [0.25, 0.3) is 5.91 Å². The minimum atomic E-state index is -0.638. The Kier molecular flexibility index (Phi) is 6.34. The van der Waals surface area contributed by atoms with E-state index in [0.717, 1.165) is 11.3 Å². The minimum Gasteiger partial charge on any atom is -0.486 e. The Morgan fingerprint density at radius 1 is 1.12 bits per heavy atom. The molecular weight excluding hydrogens is 429 g/mol. The van der Waals surface area contributed by atoms with Gasteiger partial charge in [0.05, 0.1) is 5.69 Å². The zero-order chi connectivity index (χ0) is 22.3. The zero-order valence-electron chi connectivity index (χ0n) is 16.6. The second-order valence-corrected chi connectivity index (χ2v) is 7.54. The van der Waals surface area contributed by atoms with Gasteiger partial charge in [0.15, 0.2) is 5.01 Å². The maximum absolute atomic E-state index is 14.2. The molecule has 2 heterocycles. The molecule has 4 rings (SSSR count). The molecule has 0 unspecified atom stereocenters. The highest BCUT2D eigenvalue weighted by Crippen LogP contribution is 2.21. The second kappa shape index (κ2) is 9.68. The summed E-state index contributed by atoms with van der Waals surface area (Å²) in [6, 6.07) is 20.8. The molecule has 158 valence electrons. The number of aromatic nitrogens is 3. The minimum absolute atomic E-state index is 0.154. The number of hydrogen-bond acceptors (Lipinski definition) is 6. The van der Waals surface area contributed by atoms with E-state index in [1.807, 2.05) is 36.4 Å². The predicted molar refractivity (Wildman–Crippen MR) is 119 cm³/mol. The van der Waals surface area contributed by atoms with Crippen molar-refractivity contribution in [2.45, 2.75) is 6.61 Å². The van der Waals surface area contributed by atoms with Crippen LogP contribution in [0.25, 0.3) is 11.8 Å². The Morgan fingerprint density at radius 3 is 2.69 bits per heavy atom. The molecule has 9 heteroatoms. The fourth-order valence-electron chi connectivity index (χ4n) is 2.86. The molecule has 32 heavy (non-hydrogen) atoms. The summed E-state index contributed by atoms with van der Waals surface area (Å²) in [5.41, 5.74) is 0.642. The lowest BCUT2D eigenvalue weighted by atomic mass is 10.2. The quantitative estimate of drug-likeness (QED) is 0.332. The smallest absolute Gasteiger partial charge is 0.268 e. The van der Waals surface area contributed by atoms with Crippen LogP contribution in [0.1, 0.15) is 10.7 Å². The first-order valence-electron chi connectivity index (χ1n) is 9.49. The molecule has 0 aliphatic heterocycles. The number of para-hydroxylation sites is 2. The molecule has 0 spiro atoms. The van der Waals surface area contributed by atoms with Crippen LogP contribution in [0.5, 0.6) is 5.75 Å². The van der Waals surface area contributed by atoms with Crippen molar-refractivity contribution in [1.82, 2.24) is 14.8 Å². The van der Waals surface area contributed by atoms with Crippen molar-refractivity contribution in [3.63, 3.8) is 0 Å². The van der Waals surface area contributed by atoms with E-state index in [4.69, 9.17) is 4.74 Å². The summed E-state index contributed by atoms with van der Waals surface area (Å²) in [5.74, 6) is -0.360. The first kappa shape index (κ1) is 21.0. The van der Waals surface area contributed by atoms with Gasteiger partial charge in [0.2, 0.25) is 5.13 Å². The molecule has 1 N–H and O–H groups in total. The Hall–Kier alpha value is -4.29. The summed E-state index contributed by atoms with van der Waals surface area (Å²) >= 11 is 1.15. The van der Waals surface area contributed by atoms with E-state index in [1.54, 1.807) is 41.1 Å². The Morgan fingerprint density at radius 2 is 1.91 bits per heavy atom. The number of halogens is 1. The van der Waals surface area contributed by atoms with Crippen molar-refractivity contribution < 1.29 is 13.9 Å². The van der Waals surface area contributed by atoms with Crippen molar-refractivity contribution >= 4 is 28.5 Å². The van der Waals surface area contributed by atoms with Gasteiger partial charge in [0, 0.05) is 11.9 Å². The molecule has 0 atom stereocenters. The van der Waals surface area contributed by atoms with Crippen molar-refractivity contribution in [3.8, 4) is 17.5 Å². The highest BCUT2D eigenvalue weighted by molar-refractivity contribution is 7.15. The predicted octanol–water partition coefficient (Wildman–Crippen LogP) is 4.59. The number of carbonyl (C=O) groups is 1. The molecule has 0 aliphatic carbocycles. The molecule has 1 amide bonds. The van der Waals surface area contributed by atoms with Crippen LogP contribution in [0.2, 0.25) is 0 Å². The van der Waals surface area contributed by atoms with Crippen molar-refractivity contribution in [1.29, 1.82) is 5.26 Å². The maximum Gasteiger partial charge on any atom is 0.268 e. The molecule has 0 fully saturated rings. The number of ether oxygens (including phenoxy) is 1. The Balaban J connectivity index is 1.46. The number of benzene rings is 2. The topological polar surface area (TPSA) is 92.8 Å². The first-order valence-corrected chi connectivity index (χ1v) is 10.3. The van der Waals surface area contributed by atoms with Gasteiger partial charge in [-0.25, -0.2) is 4.39 Å². The standard InChI is InChI=1S/C23H16FN5O2S/c24-19-10-4-5-11-20(19)29-12-6-7-17(29)13-16(14-25)22(30)26-23-28-27-21(32-23)15-31-18-8-2-1-3-9-18/h1-13H,15H2,(H,26,28,30)/b16-13-. The van der Waals surface area contributed by atoms with Crippen molar-refractivity contribution in [2.75, 3.05) is 5.32 Å². The summed E-state index contributed by atoms with van der Waals surface area (Å²) in [5, 5.41) is 20.8. The van der Waals surface area contributed by atoms with Gasteiger partial charge in [-0.15, -0.1) is 10.2 Å². The van der Waals surface area contributed by atoms with Crippen molar-refractivity contribution in [3.05, 3.63) is 95.0 Å². The lowest BCUT2D eigenvalue weighted by Gasteiger charge is -2.08. The molecule has 0 aliphatic rings. The summed E-state index contributed by atoms with van der Waals surface area (Å²) in [4.78, 5) is 12.6. The highest BCUT2D eigenvalue weighted by atomic mass is 32.1. The highest BCUT2D eigenvalue weighted by Gasteiger charge is 2.15. The average molecular weight is 445 g/mol. The molecule has 4 aromatic rings. The largest absolute Gasteiger partial charge is 0.486 e.